The second-order valence-electron chi connectivity index (χ2n) is 8.64. The molecule has 1 aliphatic heterocycles. The lowest BCUT2D eigenvalue weighted by atomic mass is 10.1. The number of imidazole rings is 1. The van der Waals surface area contributed by atoms with Crippen LogP contribution in [0.4, 0.5) is 10.1 Å². The van der Waals surface area contributed by atoms with E-state index in [9.17, 15) is 14.0 Å². The molecule has 0 atom stereocenters. The fraction of sp³-hybridized carbons (Fsp3) is 0.320. The van der Waals surface area contributed by atoms with Gasteiger partial charge in [-0.2, -0.15) is 0 Å². The number of amides is 1. The number of halogens is 1. The smallest absolute Gasteiger partial charge is 0.261 e. The summed E-state index contributed by atoms with van der Waals surface area (Å²) in [5.74, 6) is -0.469. The maximum absolute atomic E-state index is 14.0. The van der Waals surface area contributed by atoms with E-state index in [0.29, 0.717) is 28.6 Å². The zero-order valence-electron chi connectivity index (χ0n) is 19.2. The molecular weight excluding hydrogens is 453 g/mol. The zero-order valence-corrected chi connectivity index (χ0v) is 20.0. The van der Waals surface area contributed by atoms with Gasteiger partial charge in [0.1, 0.15) is 10.7 Å². The quantitative estimate of drug-likeness (QED) is 0.476. The van der Waals surface area contributed by atoms with Crippen LogP contribution in [-0.2, 0) is 0 Å². The van der Waals surface area contributed by atoms with Gasteiger partial charge in [-0.1, -0.05) is 23.5 Å². The standard InChI is InChI=1S/C25H26FN5O2S/c1-16-13-19-21(14-17(16)2)31-23(32)15-22(34-25(31)28-19)24(33)27-7-8-29-9-11-30(12-10-29)20-6-4-3-5-18(20)26/h3-6,13-15H,7-12H2,1-2H3,(H,27,33). The molecule has 0 aliphatic carbocycles. The Balaban J connectivity index is 1.20. The van der Waals surface area contributed by atoms with Crippen LogP contribution in [0.3, 0.4) is 0 Å². The number of hydrogen-bond acceptors (Lipinski definition) is 6. The molecular formula is C25H26FN5O2S. The molecule has 0 radical (unpaired) electrons. The fourth-order valence-corrected chi connectivity index (χ4v) is 5.29. The van der Waals surface area contributed by atoms with E-state index in [2.05, 4.69) is 20.1 Å². The molecule has 0 spiro atoms. The molecule has 1 fully saturated rings. The predicted octanol–water partition coefficient (Wildman–Crippen LogP) is 3.22. The summed E-state index contributed by atoms with van der Waals surface area (Å²) in [5.41, 5.74) is 4.10. The third kappa shape index (κ3) is 4.28. The van der Waals surface area contributed by atoms with Crippen molar-refractivity contribution < 1.29 is 9.18 Å². The Morgan fingerprint density at radius 1 is 1.09 bits per heavy atom. The van der Waals surface area contributed by atoms with E-state index in [0.717, 1.165) is 48.3 Å². The molecule has 7 nitrogen and oxygen atoms in total. The van der Waals surface area contributed by atoms with E-state index in [1.54, 1.807) is 16.5 Å². The molecule has 176 valence electrons. The van der Waals surface area contributed by atoms with Crippen molar-refractivity contribution >= 4 is 38.9 Å². The van der Waals surface area contributed by atoms with Crippen LogP contribution >= 0.6 is 11.3 Å². The Morgan fingerprint density at radius 2 is 1.82 bits per heavy atom. The van der Waals surface area contributed by atoms with Gasteiger partial charge < -0.3 is 10.2 Å². The molecule has 1 amide bonds. The summed E-state index contributed by atoms with van der Waals surface area (Å²) in [4.78, 5) is 35.3. The van der Waals surface area contributed by atoms with Crippen LogP contribution in [0.5, 0.6) is 0 Å². The van der Waals surface area contributed by atoms with Crippen molar-refractivity contribution in [3.8, 4) is 0 Å². The Kier molecular flexibility index (Phi) is 6.05. The number of nitrogens with one attached hydrogen (secondary N) is 1. The summed E-state index contributed by atoms with van der Waals surface area (Å²) in [6.07, 6.45) is 0. The van der Waals surface area contributed by atoms with E-state index in [4.69, 9.17) is 0 Å². The minimum atomic E-state index is -0.269. The molecule has 0 bridgehead atoms. The second-order valence-corrected chi connectivity index (χ2v) is 9.65. The molecule has 1 aliphatic rings. The van der Waals surface area contributed by atoms with Gasteiger partial charge in [-0.05, 0) is 49.2 Å². The number of carbonyl (C=O) groups is 1. The van der Waals surface area contributed by atoms with Crippen molar-refractivity contribution in [2.75, 3.05) is 44.2 Å². The van der Waals surface area contributed by atoms with Crippen LogP contribution in [-0.4, -0.2) is 59.5 Å². The molecule has 1 N–H and O–H groups in total. The van der Waals surface area contributed by atoms with Gasteiger partial charge in [0.25, 0.3) is 11.5 Å². The summed E-state index contributed by atoms with van der Waals surface area (Å²) in [6.45, 7) is 8.24. The third-order valence-corrected chi connectivity index (χ3v) is 7.40. The van der Waals surface area contributed by atoms with Crippen molar-refractivity contribution in [1.29, 1.82) is 0 Å². The molecule has 0 saturated carbocycles. The normalized spacial score (nSPS) is 14.7. The SMILES string of the molecule is Cc1cc2nc3sc(C(=O)NCCN4CCN(c5ccccc5F)CC4)cc(=O)n3c2cc1C. The number of rotatable bonds is 5. The van der Waals surface area contributed by atoms with Crippen molar-refractivity contribution in [1.82, 2.24) is 19.6 Å². The van der Waals surface area contributed by atoms with Crippen LogP contribution in [0.15, 0.2) is 47.3 Å². The van der Waals surface area contributed by atoms with E-state index >= 15 is 0 Å². The van der Waals surface area contributed by atoms with Gasteiger partial charge in [0, 0.05) is 45.3 Å². The summed E-state index contributed by atoms with van der Waals surface area (Å²) in [6, 6.07) is 12.1. The molecule has 9 heteroatoms. The summed E-state index contributed by atoms with van der Waals surface area (Å²) in [7, 11) is 0. The number of nitrogens with zero attached hydrogens (tertiary/aromatic N) is 4. The number of fused-ring (bicyclic) bond motifs is 3. The highest BCUT2D eigenvalue weighted by Gasteiger charge is 2.20. The Hall–Kier alpha value is -3.30. The van der Waals surface area contributed by atoms with Crippen molar-refractivity contribution in [3.63, 3.8) is 0 Å². The van der Waals surface area contributed by atoms with Gasteiger partial charge in [0.2, 0.25) is 0 Å². The molecule has 1 saturated heterocycles. The maximum Gasteiger partial charge on any atom is 0.261 e. The van der Waals surface area contributed by atoms with Gasteiger partial charge in [-0.25, -0.2) is 9.37 Å². The maximum atomic E-state index is 14.0. The van der Waals surface area contributed by atoms with E-state index < -0.39 is 0 Å². The molecule has 2 aromatic heterocycles. The summed E-state index contributed by atoms with van der Waals surface area (Å²) < 4.78 is 15.6. The average molecular weight is 480 g/mol. The van der Waals surface area contributed by atoms with E-state index in [-0.39, 0.29) is 17.3 Å². The van der Waals surface area contributed by atoms with Gasteiger partial charge in [0.05, 0.1) is 16.7 Å². The molecule has 3 heterocycles. The number of para-hydroxylation sites is 1. The highest BCUT2D eigenvalue weighted by molar-refractivity contribution is 7.18. The lowest BCUT2D eigenvalue weighted by Crippen LogP contribution is -2.48. The molecule has 2 aromatic carbocycles. The predicted molar refractivity (Wildman–Crippen MR) is 134 cm³/mol. The van der Waals surface area contributed by atoms with E-state index in [1.165, 1.54) is 23.5 Å². The Morgan fingerprint density at radius 3 is 2.59 bits per heavy atom. The number of aromatic nitrogens is 2. The first-order chi connectivity index (χ1) is 16.4. The van der Waals surface area contributed by atoms with Crippen molar-refractivity contribution in [2.24, 2.45) is 0 Å². The number of hydrogen-bond donors (Lipinski definition) is 1. The molecule has 4 aromatic rings. The monoisotopic (exact) mass is 479 g/mol. The number of anilines is 1. The third-order valence-electron chi connectivity index (χ3n) is 6.42. The topological polar surface area (TPSA) is 70.0 Å². The highest BCUT2D eigenvalue weighted by atomic mass is 32.1. The summed E-state index contributed by atoms with van der Waals surface area (Å²) >= 11 is 1.22. The highest BCUT2D eigenvalue weighted by Crippen LogP contribution is 2.23. The molecule has 0 unspecified atom stereocenters. The molecule has 34 heavy (non-hydrogen) atoms. The first-order valence-corrected chi connectivity index (χ1v) is 12.2. The second kappa shape index (κ2) is 9.15. The first kappa shape index (κ1) is 22.5. The van der Waals surface area contributed by atoms with Gasteiger partial charge in [-0.15, -0.1) is 0 Å². The van der Waals surface area contributed by atoms with Crippen LogP contribution in [0.25, 0.3) is 16.0 Å². The number of aryl methyl sites for hydroxylation is 2. The fourth-order valence-electron chi connectivity index (χ4n) is 4.34. The van der Waals surface area contributed by atoms with Crippen molar-refractivity contribution in [3.05, 3.63) is 74.6 Å². The first-order valence-electron chi connectivity index (χ1n) is 11.3. The summed E-state index contributed by atoms with van der Waals surface area (Å²) in [5, 5.41) is 2.92. The van der Waals surface area contributed by atoms with Gasteiger partial charge in [0.15, 0.2) is 4.96 Å². The zero-order chi connectivity index (χ0) is 23.8. The number of carbonyl (C=O) groups excluding carboxylic acids is 1. The number of piperazine rings is 1. The average Bonchev–Trinajstić information content (AvgIpc) is 3.17. The minimum Gasteiger partial charge on any atom is -0.367 e. The van der Waals surface area contributed by atoms with Gasteiger partial charge in [-0.3, -0.25) is 18.9 Å². The largest absolute Gasteiger partial charge is 0.367 e. The van der Waals surface area contributed by atoms with Crippen LogP contribution in [0.2, 0.25) is 0 Å². The lowest BCUT2D eigenvalue weighted by Gasteiger charge is -2.36. The minimum absolute atomic E-state index is 0.199. The van der Waals surface area contributed by atoms with Crippen LogP contribution < -0.4 is 15.8 Å². The van der Waals surface area contributed by atoms with Crippen LogP contribution in [0.1, 0.15) is 20.8 Å². The van der Waals surface area contributed by atoms with Crippen molar-refractivity contribution in [2.45, 2.75) is 13.8 Å². The van der Waals surface area contributed by atoms with Crippen LogP contribution in [0, 0.1) is 19.7 Å². The Bertz CT molecular complexity index is 1440. The molecule has 5 rings (SSSR count). The Labute approximate surface area is 200 Å². The van der Waals surface area contributed by atoms with E-state index in [1.807, 2.05) is 32.0 Å². The van der Waals surface area contributed by atoms with Gasteiger partial charge >= 0.3 is 0 Å². The lowest BCUT2D eigenvalue weighted by molar-refractivity contribution is 0.0951. The number of benzene rings is 2.